The van der Waals surface area contributed by atoms with Crippen LogP contribution in [0, 0.1) is 0 Å². The van der Waals surface area contributed by atoms with Crippen LogP contribution >= 0.6 is 22.9 Å². The van der Waals surface area contributed by atoms with Crippen molar-refractivity contribution >= 4 is 28.1 Å². The van der Waals surface area contributed by atoms with Crippen molar-refractivity contribution < 1.29 is 4.74 Å². The lowest BCUT2D eigenvalue weighted by Gasteiger charge is -2.15. The Hall–Kier alpha value is -0.360. The molecule has 0 atom stereocenters. The minimum atomic E-state index is 0.551. The quantitative estimate of drug-likeness (QED) is 0.800. The molecule has 0 unspecified atom stereocenters. The first-order chi connectivity index (χ1) is 7.22. The second kappa shape index (κ2) is 7.00. The Balaban J connectivity index is 2.10. The summed E-state index contributed by atoms with van der Waals surface area (Å²) in [7, 11) is 3.78. The van der Waals surface area contributed by atoms with Gasteiger partial charge in [-0.1, -0.05) is 11.6 Å². The zero-order chi connectivity index (χ0) is 11.1. The average Bonchev–Trinajstić information content (AvgIpc) is 2.61. The van der Waals surface area contributed by atoms with Gasteiger partial charge in [0.2, 0.25) is 0 Å². The molecule has 15 heavy (non-hydrogen) atoms. The fourth-order valence-corrected chi connectivity index (χ4v) is 1.91. The molecule has 0 radical (unpaired) electrons. The van der Waals surface area contributed by atoms with Crippen molar-refractivity contribution in [2.75, 3.05) is 45.7 Å². The summed E-state index contributed by atoms with van der Waals surface area (Å²) in [6.45, 7) is 3.53. The van der Waals surface area contributed by atoms with Gasteiger partial charge in [-0.2, -0.15) is 0 Å². The number of methoxy groups -OCH3 is 1. The maximum absolute atomic E-state index is 5.70. The minimum absolute atomic E-state index is 0.551. The topological polar surface area (TPSA) is 37.4 Å². The Bertz CT molecular complexity index is 282. The fraction of sp³-hybridized carbons (Fsp3) is 0.667. The van der Waals surface area contributed by atoms with Crippen molar-refractivity contribution in [1.82, 2.24) is 9.88 Å². The fourth-order valence-electron chi connectivity index (χ4n) is 1.05. The van der Waals surface area contributed by atoms with Gasteiger partial charge < -0.3 is 15.0 Å². The van der Waals surface area contributed by atoms with E-state index in [9.17, 15) is 0 Å². The number of thiazole rings is 1. The molecule has 0 saturated heterocycles. The van der Waals surface area contributed by atoms with Gasteiger partial charge in [0.25, 0.3) is 0 Å². The smallest absolute Gasteiger partial charge is 0.184 e. The molecule has 0 aliphatic rings. The summed E-state index contributed by atoms with van der Waals surface area (Å²) in [4.78, 5) is 6.30. The van der Waals surface area contributed by atoms with Gasteiger partial charge in [-0.05, 0) is 7.05 Å². The number of aromatic nitrogens is 1. The molecule has 0 aliphatic carbocycles. The molecule has 6 heteroatoms. The highest BCUT2D eigenvalue weighted by Gasteiger charge is 2.00. The number of hydrogen-bond acceptors (Lipinski definition) is 5. The normalized spacial score (nSPS) is 10.9. The summed E-state index contributed by atoms with van der Waals surface area (Å²) in [6, 6.07) is 0. The molecule has 0 spiro atoms. The second-order valence-corrected chi connectivity index (χ2v) is 4.44. The van der Waals surface area contributed by atoms with Crippen molar-refractivity contribution in [3.63, 3.8) is 0 Å². The molecular formula is C9H16ClN3OS. The number of nitrogens with one attached hydrogen (secondary N) is 1. The molecule has 0 fully saturated rings. The van der Waals surface area contributed by atoms with Crippen molar-refractivity contribution in [3.05, 3.63) is 10.5 Å². The van der Waals surface area contributed by atoms with Crippen molar-refractivity contribution in [1.29, 1.82) is 0 Å². The van der Waals surface area contributed by atoms with Crippen LogP contribution in [0.1, 0.15) is 0 Å². The van der Waals surface area contributed by atoms with Gasteiger partial charge in [0.15, 0.2) is 5.13 Å². The molecule has 0 aromatic carbocycles. The lowest BCUT2D eigenvalue weighted by molar-refractivity contribution is 0.163. The van der Waals surface area contributed by atoms with E-state index in [0.29, 0.717) is 5.15 Å². The molecule has 1 rings (SSSR count). The predicted octanol–water partition coefficient (Wildman–Crippen LogP) is 1.79. The van der Waals surface area contributed by atoms with E-state index in [0.717, 1.165) is 31.4 Å². The Morgan fingerprint density at radius 3 is 3.00 bits per heavy atom. The first kappa shape index (κ1) is 12.7. The summed E-state index contributed by atoms with van der Waals surface area (Å²) in [5, 5.41) is 6.46. The summed E-state index contributed by atoms with van der Waals surface area (Å²) >= 11 is 7.22. The van der Waals surface area contributed by atoms with Crippen molar-refractivity contribution in [3.8, 4) is 0 Å². The number of nitrogens with zero attached hydrogens (tertiary/aromatic N) is 2. The Morgan fingerprint density at radius 1 is 1.60 bits per heavy atom. The third-order valence-corrected chi connectivity index (χ3v) is 3.05. The summed E-state index contributed by atoms with van der Waals surface area (Å²) < 4.78 is 4.99. The third kappa shape index (κ3) is 5.32. The maximum Gasteiger partial charge on any atom is 0.184 e. The minimum Gasteiger partial charge on any atom is -0.383 e. The van der Waals surface area contributed by atoms with E-state index in [1.54, 1.807) is 7.11 Å². The molecule has 0 aliphatic heterocycles. The van der Waals surface area contributed by atoms with E-state index in [4.69, 9.17) is 16.3 Å². The van der Waals surface area contributed by atoms with E-state index in [2.05, 4.69) is 22.2 Å². The van der Waals surface area contributed by atoms with Gasteiger partial charge in [-0.25, -0.2) is 4.98 Å². The van der Waals surface area contributed by atoms with E-state index in [-0.39, 0.29) is 0 Å². The van der Waals surface area contributed by atoms with Gasteiger partial charge >= 0.3 is 0 Å². The molecule has 1 aromatic heterocycles. The van der Waals surface area contributed by atoms with Crippen molar-refractivity contribution in [2.24, 2.45) is 0 Å². The lowest BCUT2D eigenvalue weighted by atomic mass is 10.5. The molecule has 0 amide bonds. The number of ether oxygens (including phenoxy) is 1. The molecule has 0 bridgehead atoms. The van der Waals surface area contributed by atoms with E-state index >= 15 is 0 Å². The van der Waals surface area contributed by atoms with Crippen LogP contribution in [0.4, 0.5) is 5.13 Å². The number of likely N-dealkylation sites (N-methyl/N-ethyl adjacent to an activating group) is 1. The summed E-state index contributed by atoms with van der Waals surface area (Å²) in [5.74, 6) is 0. The highest BCUT2D eigenvalue weighted by molar-refractivity contribution is 7.14. The highest BCUT2D eigenvalue weighted by Crippen LogP contribution is 2.18. The average molecular weight is 250 g/mol. The number of rotatable bonds is 7. The first-order valence-corrected chi connectivity index (χ1v) is 6.00. The van der Waals surface area contributed by atoms with Crippen LogP contribution in [0.25, 0.3) is 0 Å². The van der Waals surface area contributed by atoms with Crippen LogP contribution in [-0.2, 0) is 4.74 Å². The second-order valence-electron chi connectivity index (χ2n) is 3.20. The standard InChI is InChI=1S/C9H16ClN3OS/c1-13(5-6-14-2)4-3-11-9-12-8(10)7-15-9/h7H,3-6H2,1-2H3,(H,11,12). The van der Waals surface area contributed by atoms with Gasteiger partial charge in [0, 0.05) is 32.1 Å². The zero-order valence-corrected chi connectivity index (χ0v) is 10.6. The molecule has 0 saturated carbocycles. The molecule has 4 nitrogen and oxygen atoms in total. The van der Waals surface area contributed by atoms with E-state index < -0.39 is 0 Å². The zero-order valence-electron chi connectivity index (χ0n) is 8.99. The van der Waals surface area contributed by atoms with Crippen LogP contribution < -0.4 is 5.32 Å². The monoisotopic (exact) mass is 249 g/mol. The Kier molecular flexibility index (Phi) is 5.93. The largest absolute Gasteiger partial charge is 0.383 e. The lowest BCUT2D eigenvalue weighted by Crippen LogP contribution is -2.28. The highest BCUT2D eigenvalue weighted by atomic mass is 35.5. The molecule has 86 valence electrons. The first-order valence-electron chi connectivity index (χ1n) is 4.74. The van der Waals surface area contributed by atoms with E-state index in [1.807, 2.05) is 5.38 Å². The van der Waals surface area contributed by atoms with Crippen LogP contribution in [-0.4, -0.2) is 50.3 Å². The van der Waals surface area contributed by atoms with Gasteiger partial charge in [0.1, 0.15) is 5.15 Å². The van der Waals surface area contributed by atoms with Crippen molar-refractivity contribution in [2.45, 2.75) is 0 Å². The van der Waals surface area contributed by atoms with Gasteiger partial charge in [0.05, 0.1) is 6.61 Å². The van der Waals surface area contributed by atoms with Crippen LogP contribution in [0.3, 0.4) is 0 Å². The van der Waals surface area contributed by atoms with Crippen LogP contribution in [0.5, 0.6) is 0 Å². The van der Waals surface area contributed by atoms with Gasteiger partial charge in [-0.3, -0.25) is 0 Å². The van der Waals surface area contributed by atoms with Crippen LogP contribution in [0.15, 0.2) is 5.38 Å². The SMILES string of the molecule is COCCN(C)CCNc1nc(Cl)cs1. The third-order valence-electron chi connectivity index (χ3n) is 1.92. The summed E-state index contributed by atoms with van der Waals surface area (Å²) in [6.07, 6.45) is 0. The van der Waals surface area contributed by atoms with E-state index in [1.165, 1.54) is 11.3 Å². The Morgan fingerprint density at radius 2 is 2.40 bits per heavy atom. The van der Waals surface area contributed by atoms with Crippen LogP contribution in [0.2, 0.25) is 5.15 Å². The molecule has 1 N–H and O–H groups in total. The molecular weight excluding hydrogens is 234 g/mol. The number of hydrogen-bond donors (Lipinski definition) is 1. The number of halogens is 1. The Labute approximate surface area is 99.2 Å². The maximum atomic E-state index is 5.70. The summed E-state index contributed by atoms with van der Waals surface area (Å²) in [5.41, 5.74) is 0. The molecule has 1 heterocycles. The predicted molar refractivity (Wildman–Crippen MR) is 65.0 cm³/mol. The molecule has 1 aromatic rings. The number of anilines is 1. The van der Waals surface area contributed by atoms with Gasteiger partial charge in [-0.15, -0.1) is 11.3 Å².